The SMILES string of the molecule is Cc1c(F)c(Cl)c(COC(=O)C2C(C)(C)C2(C)C)c(Cl)c1F. The fraction of sp³-hybridized carbons (Fsp3) is 0.562. The van der Waals surface area contributed by atoms with E-state index in [1.54, 1.807) is 0 Å². The average molecular weight is 351 g/mol. The zero-order valence-electron chi connectivity index (χ0n) is 13.1. The highest BCUT2D eigenvalue weighted by molar-refractivity contribution is 6.36. The van der Waals surface area contributed by atoms with Gasteiger partial charge in [0.1, 0.15) is 18.2 Å². The molecule has 0 atom stereocenters. The van der Waals surface area contributed by atoms with Gasteiger partial charge in [0, 0.05) is 11.1 Å². The number of ether oxygens (including phenoxy) is 1. The number of carbonyl (C=O) groups is 1. The molecule has 0 radical (unpaired) electrons. The maximum Gasteiger partial charge on any atom is 0.310 e. The highest BCUT2D eigenvalue weighted by atomic mass is 35.5. The molecule has 122 valence electrons. The van der Waals surface area contributed by atoms with Crippen molar-refractivity contribution in [2.45, 2.75) is 41.2 Å². The molecule has 1 aromatic carbocycles. The summed E-state index contributed by atoms with van der Waals surface area (Å²) in [5, 5.41) is -0.628. The molecule has 1 aromatic rings. The van der Waals surface area contributed by atoms with Crippen molar-refractivity contribution in [3.8, 4) is 0 Å². The van der Waals surface area contributed by atoms with E-state index in [1.165, 1.54) is 6.92 Å². The van der Waals surface area contributed by atoms with Crippen LogP contribution in [0.25, 0.3) is 0 Å². The summed E-state index contributed by atoms with van der Waals surface area (Å²) in [5.74, 6) is -2.45. The van der Waals surface area contributed by atoms with Crippen molar-refractivity contribution in [3.05, 3.63) is 32.8 Å². The predicted molar refractivity (Wildman–Crippen MR) is 82.0 cm³/mol. The van der Waals surface area contributed by atoms with E-state index in [0.29, 0.717) is 0 Å². The second kappa shape index (κ2) is 5.34. The fourth-order valence-electron chi connectivity index (χ4n) is 2.93. The Kier molecular flexibility index (Phi) is 4.25. The Morgan fingerprint density at radius 3 is 1.86 bits per heavy atom. The first-order chi connectivity index (χ1) is 9.94. The van der Waals surface area contributed by atoms with E-state index in [9.17, 15) is 13.6 Å². The molecule has 0 unspecified atom stereocenters. The molecule has 1 aliphatic carbocycles. The normalized spacial score (nSPS) is 19.1. The summed E-state index contributed by atoms with van der Waals surface area (Å²) >= 11 is 11.7. The number of carbonyl (C=O) groups excluding carboxylic acids is 1. The number of halogens is 4. The molecule has 0 aromatic heterocycles. The quantitative estimate of drug-likeness (QED) is 0.545. The van der Waals surface area contributed by atoms with Crippen molar-refractivity contribution in [2.24, 2.45) is 16.7 Å². The van der Waals surface area contributed by atoms with Gasteiger partial charge in [0.25, 0.3) is 0 Å². The highest BCUT2D eigenvalue weighted by Crippen LogP contribution is 2.68. The van der Waals surface area contributed by atoms with Crippen LogP contribution >= 0.6 is 23.2 Å². The van der Waals surface area contributed by atoms with Crippen LogP contribution in [0.5, 0.6) is 0 Å². The van der Waals surface area contributed by atoms with Gasteiger partial charge in [-0.3, -0.25) is 4.79 Å². The molecule has 22 heavy (non-hydrogen) atoms. The molecule has 0 saturated heterocycles. The standard InChI is InChI=1S/C16H18Cl2F2O2/c1-7-11(19)9(17)8(10(18)12(7)20)6-22-14(21)13-15(2,3)16(13,4)5/h13H,6H2,1-5H3. The van der Waals surface area contributed by atoms with E-state index < -0.39 is 17.6 Å². The van der Waals surface area contributed by atoms with E-state index in [4.69, 9.17) is 27.9 Å². The average Bonchev–Trinajstić information content (AvgIpc) is 2.84. The minimum Gasteiger partial charge on any atom is -0.460 e. The maximum atomic E-state index is 13.8. The molecular weight excluding hydrogens is 333 g/mol. The van der Waals surface area contributed by atoms with E-state index in [-0.39, 0.29) is 44.5 Å². The molecule has 0 spiro atoms. The summed E-state index contributed by atoms with van der Waals surface area (Å²) in [7, 11) is 0. The lowest BCUT2D eigenvalue weighted by Crippen LogP contribution is -2.12. The second-order valence-corrected chi connectivity index (χ2v) is 7.60. The van der Waals surface area contributed by atoms with E-state index in [1.807, 2.05) is 27.7 Å². The van der Waals surface area contributed by atoms with Crippen LogP contribution in [0.1, 0.15) is 38.8 Å². The first-order valence-electron chi connectivity index (χ1n) is 6.92. The van der Waals surface area contributed by atoms with Crippen molar-refractivity contribution >= 4 is 29.2 Å². The predicted octanol–water partition coefficient (Wildman–Crippen LogP) is 5.31. The van der Waals surface area contributed by atoms with Crippen molar-refractivity contribution in [1.82, 2.24) is 0 Å². The number of benzene rings is 1. The molecule has 0 N–H and O–H groups in total. The molecule has 1 aliphatic rings. The third kappa shape index (κ3) is 2.41. The smallest absolute Gasteiger partial charge is 0.310 e. The van der Waals surface area contributed by atoms with Crippen LogP contribution in [0.15, 0.2) is 0 Å². The first-order valence-corrected chi connectivity index (χ1v) is 7.68. The van der Waals surface area contributed by atoms with Crippen LogP contribution in [0, 0.1) is 35.3 Å². The summed E-state index contributed by atoms with van der Waals surface area (Å²) in [6.45, 7) is 8.79. The third-order valence-corrected chi connectivity index (χ3v) is 5.98. The van der Waals surface area contributed by atoms with Crippen molar-refractivity contribution < 1.29 is 18.3 Å². The van der Waals surface area contributed by atoms with E-state index in [2.05, 4.69) is 0 Å². The van der Waals surface area contributed by atoms with Gasteiger partial charge in [-0.2, -0.15) is 0 Å². The molecule has 2 nitrogen and oxygen atoms in total. The van der Waals surface area contributed by atoms with Crippen LogP contribution in [-0.4, -0.2) is 5.97 Å². The summed E-state index contributed by atoms with van der Waals surface area (Å²) in [6, 6.07) is 0. The molecule has 0 amide bonds. The van der Waals surface area contributed by atoms with E-state index >= 15 is 0 Å². The number of rotatable bonds is 3. The summed E-state index contributed by atoms with van der Waals surface area (Å²) in [5.41, 5.74) is -0.661. The molecular formula is C16H18Cl2F2O2. The summed E-state index contributed by atoms with van der Waals surface area (Å²) in [6.07, 6.45) is 0. The van der Waals surface area contributed by atoms with Gasteiger partial charge in [0.05, 0.1) is 16.0 Å². The molecule has 2 rings (SSSR count). The van der Waals surface area contributed by atoms with Crippen LogP contribution < -0.4 is 0 Å². The van der Waals surface area contributed by atoms with Gasteiger partial charge in [0.15, 0.2) is 0 Å². The lowest BCUT2D eigenvalue weighted by atomic mass is 10.0. The van der Waals surface area contributed by atoms with Crippen LogP contribution in [0.3, 0.4) is 0 Å². The Hall–Kier alpha value is -0.870. The van der Waals surface area contributed by atoms with Crippen molar-refractivity contribution in [3.63, 3.8) is 0 Å². The van der Waals surface area contributed by atoms with Crippen LogP contribution in [-0.2, 0) is 16.1 Å². The molecule has 0 aliphatic heterocycles. The molecule has 0 heterocycles. The number of hydrogen-bond acceptors (Lipinski definition) is 2. The molecule has 0 bridgehead atoms. The van der Waals surface area contributed by atoms with Gasteiger partial charge >= 0.3 is 5.97 Å². The lowest BCUT2D eigenvalue weighted by molar-refractivity contribution is -0.148. The zero-order chi connectivity index (χ0) is 17.0. The third-order valence-electron chi connectivity index (χ3n) is 5.19. The Morgan fingerprint density at radius 2 is 1.50 bits per heavy atom. The second-order valence-electron chi connectivity index (χ2n) is 6.84. The fourth-order valence-corrected chi connectivity index (χ4v) is 3.56. The Balaban J connectivity index is 2.19. The largest absolute Gasteiger partial charge is 0.460 e. The van der Waals surface area contributed by atoms with Gasteiger partial charge in [-0.25, -0.2) is 8.78 Å². The Labute approximate surface area is 138 Å². The van der Waals surface area contributed by atoms with Crippen molar-refractivity contribution in [2.75, 3.05) is 0 Å². The topological polar surface area (TPSA) is 26.3 Å². The van der Waals surface area contributed by atoms with Gasteiger partial charge in [-0.1, -0.05) is 50.9 Å². The molecule has 6 heteroatoms. The highest BCUT2D eigenvalue weighted by Gasteiger charge is 2.69. The van der Waals surface area contributed by atoms with Crippen molar-refractivity contribution in [1.29, 1.82) is 0 Å². The minimum absolute atomic E-state index is 0.0476. The van der Waals surface area contributed by atoms with E-state index in [0.717, 1.165) is 0 Å². The van der Waals surface area contributed by atoms with Gasteiger partial charge < -0.3 is 4.74 Å². The Morgan fingerprint density at radius 1 is 1.09 bits per heavy atom. The van der Waals surface area contributed by atoms with Gasteiger partial charge in [0.2, 0.25) is 0 Å². The summed E-state index contributed by atoms with van der Waals surface area (Å²) < 4.78 is 32.8. The van der Waals surface area contributed by atoms with Gasteiger partial charge in [-0.15, -0.1) is 0 Å². The van der Waals surface area contributed by atoms with Crippen LogP contribution in [0.2, 0.25) is 10.0 Å². The zero-order valence-corrected chi connectivity index (χ0v) is 14.6. The Bertz CT molecular complexity index is 611. The van der Waals surface area contributed by atoms with Gasteiger partial charge in [-0.05, 0) is 17.8 Å². The maximum absolute atomic E-state index is 13.8. The monoisotopic (exact) mass is 350 g/mol. The van der Waals surface area contributed by atoms with Crippen LogP contribution in [0.4, 0.5) is 8.78 Å². The number of esters is 1. The molecule has 1 saturated carbocycles. The molecule has 1 fully saturated rings. The number of hydrogen-bond donors (Lipinski definition) is 0. The minimum atomic E-state index is -0.887. The first kappa shape index (κ1) is 17.5. The lowest BCUT2D eigenvalue weighted by Gasteiger charge is -2.12. The summed E-state index contributed by atoms with van der Waals surface area (Å²) in [4.78, 5) is 12.2.